The maximum absolute atomic E-state index is 12.2. The van der Waals surface area contributed by atoms with Crippen LogP contribution in [0.15, 0.2) is 72.8 Å². The first-order chi connectivity index (χ1) is 14.1. The Bertz CT molecular complexity index is 1040. The van der Waals surface area contributed by atoms with Crippen molar-refractivity contribution in [2.45, 2.75) is 13.0 Å². The van der Waals surface area contributed by atoms with Crippen molar-refractivity contribution in [1.29, 1.82) is 0 Å². The first-order valence-electron chi connectivity index (χ1n) is 9.33. The number of carbonyl (C=O) groups excluding carboxylic acids is 2. The standard InChI is InChI=1S/C24H23NO4/c1-17(21-12-6-9-19-8-3-4-11-22(19)21)25-23(26)16-29-24(27)14-13-18-7-5-10-20(15-18)28-2/h3-15,17H,16H2,1-2H3,(H,25,26)/b14-13+/t17-/m0/s1. The van der Waals surface area contributed by atoms with Gasteiger partial charge in [-0.3, -0.25) is 4.79 Å². The summed E-state index contributed by atoms with van der Waals surface area (Å²) < 4.78 is 10.2. The number of esters is 1. The summed E-state index contributed by atoms with van der Waals surface area (Å²) in [5.41, 5.74) is 1.82. The van der Waals surface area contributed by atoms with Gasteiger partial charge in [0.15, 0.2) is 6.61 Å². The summed E-state index contributed by atoms with van der Waals surface area (Å²) >= 11 is 0. The first-order valence-corrected chi connectivity index (χ1v) is 9.33. The van der Waals surface area contributed by atoms with Crippen LogP contribution in [-0.2, 0) is 14.3 Å². The fourth-order valence-corrected chi connectivity index (χ4v) is 3.08. The van der Waals surface area contributed by atoms with Crippen molar-refractivity contribution < 1.29 is 19.1 Å². The van der Waals surface area contributed by atoms with E-state index in [2.05, 4.69) is 5.32 Å². The number of carbonyl (C=O) groups is 2. The number of ether oxygens (including phenoxy) is 2. The third kappa shape index (κ3) is 5.45. The quantitative estimate of drug-likeness (QED) is 0.484. The van der Waals surface area contributed by atoms with E-state index in [0.29, 0.717) is 5.75 Å². The zero-order valence-electron chi connectivity index (χ0n) is 16.4. The Morgan fingerprint density at radius 3 is 2.62 bits per heavy atom. The molecular formula is C24H23NO4. The Labute approximate surface area is 170 Å². The maximum atomic E-state index is 12.2. The van der Waals surface area contributed by atoms with Crippen LogP contribution in [0.4, 0.5) is 0 Å². The Morgan fingerprint density at radius 2 is 1.79 bits per heavy atom. The molecule has 0 aromatic heterocycles. The maximum Gasteiger partial charge on any atom is 0.331 e. The molecule has 29 heavy (non-hydrogen) atoms. The zero-order valence-corrected chi connectivity index (χ0v) is 16.4. The molecule has 1 N–H and O–H groups in total. The van der Waals surface area contributed by atoms with Crippen molar-refractivity contribution in [3.63, 3.8) is 0 Å². The summed E-state index contributed by atoms with van der Waals surface area (Å²) in [5.74, 6) is -0.239. The van der Waals surface area contributed by atoms with E-state index in [1.165, 1.54) is 6.08 Å². The molecule has 1 atom stereocenters. The molecular weight excluding hydrogens is 366 g/mol. The average Bonchev–Trinajstić information content (AvgIpc) is 2.76. The molecule has 0 aliphatic carbocycles. The molecule has 0 aliphatic heterocycles. The lowest BCUT2D eigenvalue weighted by Crippen LogP contribution is -2.31. The van der Waals surface area contributed by atoms with E-state index in [1.807, 2.05) is 67.6 Å². The predicted molar refractivity (Wildman–Crippen MR) is 113 cm³/mol. The first kappa shape index (κ1) is 20.1. The van der Waals surface area contributed by atoms with Crippen molar-refractivity contribution in [3.8, 4) is 5.75 Å². The van der Waals surface area contributed by atoms with Crippen LogP contribution in [0.5, 0.6) is 5.75 Å². The summed E-state index contributed by atoms with van der Waals surface area (Å²) in [6.45, 7) is 1.57. The van der Waals surface area contributed by atoms with E-state index in [-0.39, 0.29) is 18.6 Å². The van der Waals surface area contributed by atoms with E-state index in [1.54, 1.807) is 19.3 Å². The lowest BCUT2D eigenvalue weighted by atomic mass is 10.00. The van der Waals surface area contributed by atoms with E-state index >= 15 is 0 Å². The van der Waals surface area contributed by atoms with Gasteiger partial charge < -0.3 is 14.8 Å². The third-order valence-corrected chi connectivity index (χ3v) is 4.52. The summed E-state index contributed by atoms with van der Waals surface area (Å²) in [7, 11) is 1.58. The molecule has 5 heteroatoms. The zero-order chi connectivity index (χ0) is 20.6. The van der Waals surface area contributed by atoms with Crippen molar-refractivity contribution >= 4 is 28.7 Å². The third-order valence-electron chi connectivity index (χ3n) is 4.52. The van der Waals surface area contributed by atoms with E-state index in [4.69, 9.17) is 9.47 Å². The van der Waals surface area contributed by atoms with Gasteiger partial charge in [0.2, 0.25) is 0 Å². The summed E-state index contributed by atoms with van der Waals surface area (Å²) in [6, 6.07) is 21.0. The van der Waals surface area contributed by atoms with Gasteiger partial charge in [-0.15, -0.1) is 0 Å². The molecule has 0 bridgehead atoms. The van der Waals surface area contributed by atoms with Crippen molar-refractivity contribution in [3.05, 3.63) is 83.9 Å². The normalized spacial score (nSPS) is 11.9. The highest BCUT2D eigenvalue weighted by Crippen LogP contribution is 2.23. The number of rotatable bonds is 7. The predicted octanol–water partition coefficient (Wildman–Crippen LogP) is 4.28. The molecule has 0 saturated carbocycles. The Kier molecular flexibility index (Phi) is 6.63. The van der Waals surface area contributed by atoms with E-state index < -0.39 is 5.97 Å². The van der Waals surface area contributed by atoms with Crippen LogP contribution in [-0.4, -0.2) is 25.6 Å². The van der Waals surface area contributed by atoms with Crippen molar-refractivity contribution in [2.75, 3.05) is 13.7 Å². The highest BCUT2D eigenvalue weighted by atomic mass is 16.5. The monoisotopic (exact) mass is 389 g/mol. The van der Waals surface area contributed by atoms with Gasteiger partial charge in [0.1, 0.15) is 5.75 Å². The minimum Gasteiger partial charge on any atom is -0.497 e. The molecule has 0 unspecified atom stereocenters. The number of methoxy groups -OCH3 is 1. The molecule has 148 valence electrons. The number of hydrogen-bond acceptors (Lipinski definition) is 4. The molecule has 0 radical (unpaired) electrons. The molecule has 0 aliphatic rings. The highest BCUT2D eigenvalue weighted by Gasteiger charge is 2.13. The topological polar surface area (TPSA) is 64.6 Å². The number of benzene rings is 3. The van der Waals surface area contributed by atoms with Gasteiger partial charge in [0.05, 0.1) is 13.2 Å². The van der Waals surface area contributed by atoms with Gasteiger partial charge in [0, 0.05) is 6.08 Å². The molecule has 3 aromatic carbocycles. The minimum absolute atomic E-state index is 0.209. The number of amides is 1. The van der Waals surface area contributed by atoms with Crippen LogP contribution < -0.4 is 10.1 Å². The van der Waals surface area contributed by atoms with Crippen molar-refractivity contribution in [1.82, 2.24) is 5.32 Å². The fourth-order valence-electron chi connectivity index (χ4n) is 3.08. The second-order valence-electron chi connectivity index (χ2n) is 6.58. The van der Waals surface area contributed by atoms with Gasteiger partial charge in [-0.2, -0.15) is 0 Å². The molecule has 0 spiro atoms. The molecule has 0 fully saturated rings. The van der Waals surface area contributed by atoms with Crippen LogP contribution >= 0.6 is 0 Å². The Balaban J connectivity index is 1.53. The second-order valence-corrected chi connectivity index (χ2v) is 6.58. The van der Waals surface area contributed by atoms with Crippen LogP contribution in [0, 0.1) is 0 Å². The number of hydrogen-bond donors (Lipinski definition) is 1. The molecule has 0 saturated heterocycles. The lowest BCUT2D eigenvalue weighted by Gasteiger charge is -2.16. The lowest BCUT2D eigenvalue weighted by molar-refractivity contribution is -0.144. The van der Waals surface area contributed by atoms with Crippen LogP contribution in [0.1, 0.15) is 24.1 Å². The van der Waals surface area contributed by atoms with Crippen LogP contribution in [0.3, 0.4) is 0 Å². The van der Waals surface area contributed by atoms with Gasteiger partial charge in [-0.25, -0.2) is 4.79 Å². The van der Waals surface area contributed by atoms with Crippen LogP contribution in [0.2, 0.25) is 0 Å². The molecule has 3 rings (SSSR count). The average molecular weight is 389 g/mol. The Hall–Kier alpha value is -3.60. The number of nitrogens with one attached hydrogen (secondary N) is 1. The van der Waals surface area contributed by atoms with Gasteiger partial charge in [0.25, 0.3) is 5.91 Å². The summed E-state index contributed by atoms with van der Waals surface area (Å²) in [4.78, 5) is 24.1. The van der Waals surface area contributed by atoms with Crippen molar-refractivity contribution in [2.24, 2.45) is 0 Å². The van der Waals surface area contributed by atoms with Crippen LogP contribution in [0.25, 0.3) is 16.8 Å². The molecule has 1 amide bonds. The summed E-state index contributed by atoms with van der Waals surface area (Å²) in [6.07, 6.45) is 2.90. The molecule has 5 nitrogen and oxygen atoms in total. The highest BCUT2D eigenvalue weighted by molar-refractivity contribution is 5.90. The fraction of sp³-hybridized carbons (Fsp3) is 0.167. The largest absolute Gasteiger partial charge is 0.497 e. The van der Waals surface area contributed by atoms with E-state index in [0.717, 1.165) is 21.9 Å². The molecule has 3 aromatic rings. The smallest absolute Gasteiger partial charge is 0.331 e. The molecule has 0 heterocycles. The van der Waals surface area contributed by atoms with Gasteiger partial charge >= 0.3 is 5.97 Å². The Morgan fingerprint density at radius 1 is 1.03 bits per heavy atom. The second kappa shape index (κ2) is 9.55. The van der Waals surface area contributed by atoms with Gasteiger partial charge in [-0.1, -0.05) is 54.6 Å². The van der Waals surface area contributed by atoms with E-state index in [9.17, 15) is 9.59 Å². The summed E-state index contributed by atoms with van der Waals surface area (Å²) in [5, 5.41) is 5.07. The number of fused-ring (bicyclic) bond motifs is 1. The SMILES string of the molecule is COc1cccc(/C=C/C(=O)OCC(=O)N[C@@H](C)c2cccc3ccccc23)c1. The minimum atomic E-state index is -0.583. The van der Waals surface area contributed by atoms with Gasteiger partial charge in [-0.05, 0) is 47.0 Å².